The van der Waals surface area contributed by atoms with E-state index in [0.717, 1.165) is 26.3 Å². The van der Waals surface area contributed by atoms with Crippen molar-refractivity contribution >= 4 is 17.2 Å². The van der Waals surface area contributed by atoms with Crippen molar-refractivity contribution < 1.29 is 19.0 Å². The van der Waals surface area contributed by atoms with E-state index in [0.29, 0.717) is 23.6 Å². The minimum atomic E-state index is -0.142. The Morgan fingerprint density at radius 2 is 1.92 bits per heavy atom. The third kappa shape index (κ3) is 4.55. The Balaban J connectivity index is 1.71. The van der Waals surface area contributed by atoms with Gasteiger partial charge in [-0.15, -0.1) is 11.3 Å². The van der Waals surface area contributed by atoms with Gasteiger partial charge >= 0.3 is 0 Å². The average Bonchev–Trinajstić information content (AvgIpc) is 3.22. The highest BCUT2D eigenvalue weighted by molar-refractivity contribution is 7.10. The van der Waals surface area contributed by atoms with Crippen LogP contribution in [0.5, 0.6) is 11.5 Å². The van der Waals surface area contributed by atoms with Gasteiger partial charge in [-0.2, -0.15) is 0 Å². The molecule has 0 radical (unpaired) electrons. The van der Waals surface area contributed by atoms with Crippen LogP contribution < -0.4 is 14.8 Å². The maximum absolute atomic E-state index is 12.7. The molecule has 3 rings (SSSR count). The summed E-state index contributed by atoms with van der Waals surface area (Å²) in [7, 11) is 3.14. The van der Waals surface area contributed by atoms with Gasteiger partial charge in [0, 0.05) is 36.1 Å². The molecule has 0 unspecified atom stereocenters. The number of carbonyl (C=O) groups is 1. The van der Waals surface area contributed by atoms with Gasteiger partial charge in [-0.05, 0) is 23.6 Å². The maximum Gasteiger partial charge on any atom is 0.251 e. The number of benzene rings is 1. The molecule has 0 spiro atoms. The summed E-state index contributed by atoms with van der Waals surface area (Å²) >= 11 is 1.71. The normalized spacial score (nSPS) is 16.1. The molecule has 0 aliphatic carbocycles. The summed E-state index contributed by atoms with van der Waals surface area (Å²) < 4.78 is 16.0. The highest BCUT2D eigenvalue weighted by Crippen LogP contribution is 2.26. The molecule has 1 atom stereocenters. The van der Waals surface area contributed by atoms with Crippen LogP contribution in [0.25, 0.3) is 0 Å². The first-order chi connectivity index (χ1) is 12.7. The number of hydrogen-bond donors (Lipinski definition) is 1. The summed E-state index contributed by atoms with van der Waals surface area (Å²) in [6.07, 6.45) is 0. The number of morpholine rings is 1. The molecule has 2 heterocycles. The number of methoxy groups -OCH3 is 2. The van der Waals surface area contributed by atoms with Crippen molar-refractivity contribution in [3.8, 4) is 11.5 Å². The molecular formula is C19H24N2O4S. The second kappa shape index (κ2) is 9.02. The lowest BCUT2D eigenvalue weighted by Gasteiger charge is -2.34. The zero-order valence-corrected chi connectivity index (χ0v) is 15.9. The van der Waals surface area contributed by atoms with Crippen molar-refractivity contribution in [2.45, 2.75) is 6.04 Å². The molecule has 7 heteroatoms. The summed E-state index contributed by atoms with van der Waals surface area (Å²) in [5.41, 5.74) is 0.521. The van der Waals surface area contributed by atoms with Crippen molar-refractivity contribution in [1.29, 1.82) is 0 Å². The quantitative estimate of drug-likeness (QED) is 0.805. The Kier molecular flexibility index (Phi) is 6.49. The van der Waals surface area contributed by atoms with E-state index < -0.39 is 0 Å². The summed E-state index contributed by atoms with van der Waals surface area (Å²) in [5, 5.41) is 5.13. The number of hydrogen-bond acceptors (Lipinski definition) is 6. The molecule has 140 valence electrons. The van der Waals surface area contributed by atoms with E-state index in [1.165, 1.54) is 4.88 Å². The second-order valence-corrected chi connectivity index (χ2v) is 6.97. The van der Waals surface area contributed by atoms with Crippen LogP contribution in [0.4, 0.5) is 0 Å². The van der Waals surface area contributed by atoms with Crippen molar-refractivity contribution in [1.82, 2.24) is 10.2 Å². The SMILES string of the molecule is COc1cc(OC)cc(C(=O)NC[C@H](c2cccs2)N2CCOCC2)c1. The van der Waals surface area contributed by atoms with E-state index in [1.807, 2.05) is 6.07 Å². The molecular weight excluding hydrogens is 352 g/mol. The number of nitrogens with one attached hydrogen (secondary N) is 1. The predicted octanol–water partition coefficient (Wildman–Crippen LogP) is 2.57. The van der Waals surface area contributed by atoms with E-state index in [1.54, 1.807) is 43.8 Å². The molecule has 2 aromatic rings. The van der Waals surface area contributed by atoms with Gasteiger partial charge in [-0.25, -0.2) is 0 Å². The Morgan fingerprint density at radius 3 is 2.50 bits per heavy atom. The van der Waals surface area contributed by atoms with Gasteiger partial charge in [0.05, 0.1) is 33.5 Å². The van der Waals surface area contributed by atoms with Crippen molar-refractivity contribution in [3.63, 3.8) is 0 Å². The minimum absolute atomic E-state index is 0.142. The smallest absolute Gasteiger partial charge is 0.251 e. The standard InChI is InChI=1S/C19H24N2O4S/c1-23-15-10-14(11-16(12-15)24-2)19(22)20-13-17(18-4-3-9-26-18)21-5-7-25-8-6-21/h3-4,9-12,17H,5-8,13H2,1-2H3,(H,20,22)/t17-/m1/s1. The second-order valence-electron chi connectivity index (χ2n) is 5.99. The number of nitrogens with zero attached hydrogens (tertiary/aromatic N) is 1. The Bertz CT molecular complexity index is 692. The fourth-order valence-corrected chi connectivity index (χ4v) is 3.87. The predicted molar refractivity (Wildman–Crippen MR) is 101 cm³/mol. The van der Waals surface area contributed by atoms with Crippen LogP contribution in [0, 0.1) is 0 Å². The van der Waals surface area contributed by atoms with Gasteiger partial charge < -0.3 is 19.5 Å². The molecule has 26 heavy (non-hydrogen) atoms. The highest BCUT2D eigenvalue weighted by Gasteiger charge is 2.24. The fraction of sp³-hybridized carbons (Fsp3) is 0.421. The Hall–Kier alpha value is -2.09. The van der Waals surface area contributed by atoms with E-state index in [2.05, 4.69) is 21.7 Å². The fourth-order valence-electron chi connectivity index (χ4n) is 3.01. The third-order valence-electron chi connectivity index (χ3n) is 4.43. The summed E-state index contributed by atoms with van der Waals surface area (Å²) in [6, 6.07) is 9.49. The molecule has 1 saturated heterocycles. The van der Waals surface area contributed by atoms with Crippen LogP contribution in [-0.2, 0) is 4.74 Å². The highest BCUT2D eigenvalue weighted by atomic mass is 32.1. The molecule has 1 aliphatic heterocycles. The molecule has 1 aromatic carbocycles. The number of carbonyl (C=O) groups excluding carboxylic acids is 1. The molecule has 1 N–H and O–H groups in total. The zero-order valence-electron chi connectivity index (χ0n) is 15.1. The van der Waals surface area contributed by atoms with Crippen LogP contribution in [0.15, 0.2) is 35.7 Å². The first-order valence-electron chi connectivity index (χ1n) is 8.57. The number of thiophene rings is 1. The Labute approximate surface area is 157 Å². The first-order valence-corrected chi connectivity index (χ1v) is 9.45. The lowest BCUT2D eigenvalue weighted by Crippen LogP contribution is -2.43. The summed E-state index contributed by atoms with van der Waals surface area (Å²) in [4.78, 5) is 16.3. The van der Waals surface area contributed by atoms with Crippen LogP contribution in [0.2, 0.25) is 0 Å². The van der Waals surface area contributed by atoms with Crippen molar-refractivity contribution in [3.05, 3.63) is 46.2 Å². The first kappa shape index (κ1) is 18.7. The van der Waals surface area contributed by atoms with Crippen molar-refractivity contribution in [2.24, 2.45) is 0 Å². The minimum Gasteiger partial charge on any atom is -0.497 e. The molecule has 1 aromatic heterocycles. The van der Waals surface area contributed by atoms with E-state index in [4.69, 9.17) is 14.2 Å². The van der Waals surface area contributed by atoms with E-state index in [-0.39, 0.29) is 11.9 Å². The van der Waals surface area contributed by atoms with Gasteiger partial charge in [0.1, 0.15) is 11.5 Å². The number of ether oxygens (including phenoxy) is 3. The Morgan fingerprint density at radius 1 is 1.23 bits per heavy atom. The van der Waals surface area contributed by atoms with E-state index >= 15 is 0 Å². The molecule has 0 saturated carbocycles. The lowest BCUT2D eigenvalue weighted by atomic mass is 10.1. The van der Waals surface area contributed by atoms with Crippen molar-refractivity contribution in [2.75, 3.05) is 47.1 Å². The van der Waals surface area contributed by atoms with Gasteiger partial charge in [0.15, 0.2) is 0 Å². The van der Waals surface area contributed by atoms with Gasteiger partial charge in [-0.1, -0.05) is 6.07 Å². The monoisotopic (exact) mass is 376 g/mol. The van der Waals surface area contributed by atoms with Crippen LogP contribution in [0.1, 0.15) is 21.3 Å². The van der Waals surface area contributed by atoms with Gasteiger partial charge in [0.25, 0.3) is 5.91 Å². The molecule has 1 amide bonds. The van der Waals surface area contributed by atoms with Gasteiger partial charge in [-0.3, -0.25) is 9.69 Å². The van der Waals surface area contributed by atoms with Crippen LogP contribution in [0.3, 0.4) is 0 Å². The van der Waals surface area contributed by atoms with E-state index in [9.17, 15) is 4.79 Å². The summed E-state index contributed by atoms with van der Waals surface area (Å²) in [6.45, 7) is 3.72. The maximum atomic E-state index is 12.7. The summed E-state index contributed by atoms with van der Waals surface area (Å²) in [5.74, 6) is 1.05. The average molecular weight is 376 g/mol. The molecule has 6 nitrogen and oxygen atoms in total. The van der Waals surface area contributed by atoms with Crippen LogP contribution in [-0.4, -0.2) is 57.9 Å². The lowest BCUT2D eigenvalue weighted by molar-refractivity contribution is 0.0169. The topological polar surface area (TPSA) is 60.0 Å². The number of amides is 1. The molecule has 1 aliphatic rings. The zero-order chi connectivity index (χ0) is 18.4. The number of rotatable bonds is 7. The molecule has 1 fully saturated rings. The van der Waals surface area contributed by atoms with Crippen LogP contribution >= 0.6 is 11.3 Å². The molecule has 0 bridgehead atoms. The largest absolute Gasteiger partial charge is 0.497 e. The van der Waals surface area contributed by atoms with Gasteiger partial charge in [0.2, 0.25) is 0 Å². The third-order valence-corrected chi connectivity index (χ3v) is 5.40.